The van der Waals surface area contributed by atoms with Crippen LogP contribution in [0.5, 0.6) is 0 Å². The minimum absolute atomic E-state index is 0.0863. The number of benzene rings is 1. The number of allylic oxidation sites excluding steroid dienone is 1. The molecule has 0 aliphatic carbocycles. The van der Waals surface area contributed by atoms with Gasteiger partial charge in [0.05, 0.1) is 10.5 Å². The minimum atomic E-state index is -0.830. The van der Waals surface area contributed by atoms with Crippen LogP contribution in [0.2, 0.25) is 0 Å². The molecule has 0 atom stereocenters. The van der Waals surface area contributed by atoms with E-state index >= 15 is 0 Å². The number of nitro benzene ring substituents is 1. The predicted molar refractivity (Wildman–Crippen MR) is 67.6 cm³/mol. The van der Waals surface area contributed by atoms with Crippen molar-refractivity contribution >= 4 is 17.6 Å². The van der Waals surface area contributed by atoms with Gasteiger partial charge >= 0.3 is 11.9 Å². The quantitative estimate of drug-likeness (QED) is 0.274. The van der Waals surface area contributed by atoms with Crippen molar-refractivity contribution in [1.82, 2.24) is 0 Å². The summed E-state index contributed by atoms with van der Waals surface area (Å²) < 4.78 is 4.64. The van der Waals surface area contributed by atoms with Gasteiger partial charge < -0.3 is 4.74 Å². The average molecular weight is 263 g/mol. The van der Waals surface area contributed by atoms with Crippen molar-refractivity contribution in [1.29, 1.82) is 0 Å². The molecule has 19 heavy (non-hydrogen) atoms. The summed E-state index contributed by atoms with van der Waals surface area (Å²) in [7, 11) is 0. The highest BCUT2D eigenvalue weighted by Gasteiger charge is 2.15. The Bertz CT molecular complexity index is 530. The molecule has 0 amide bonds. The Hall–Kier alpha value is -2.50. The van der Waals surface area contributed by atoms with Crippen molar-refractivity contribution in [2.24, 2.45) is 0 Å². The van der Waals surface area contributed by atoms with Gasteiger partial charge in [0.1, 0.15) is 0 Å². The molecule has 100 valence electrons. The smallest absolute Gasteiger partial charge is 0.346 e. The largest absolute Gasteiger partial charge is 0.386 e. The molecule has 1 rings (SSSR count). The molecular weight excluding hydrogens is 250 g/mol. The summed E-state index contributed by atoms with van der Waals surface area (Å²) in [5.41, 5.74) is 0.297. The Morgan fingerprint density at radius 2 is 1.89 bits per heavy atom. The van der Waals surface area contributed by atoms with Gasteiger partial charge in [-0.3, -0.25) is 10.1 Å². The number of ether oxygens (including phenoxy) is 1. The van der Waals surface area contributed by atoms with Crippen LogP contribution < -0.4 is 0 Å². The zero-order valence-electron chi connectivity index (χ0n) is 10.6. The number of non-ortho nitro benzene ring substituents is 1. The van der Waals surface area contributed by atoms with Crippen molar-refractivity contribution in [3.8, 4) is 0 Å². The first-order valence-corrected chi connectivity index (χ1v) is 5.63. The van der Waals surface area contributed by atoms with E-state index in [0.717, 1.165) is 0 Å². The molecular formula is C13H13NO5. The third-order valence-electron chi connectivity index (χ3n) is 2.33. The Labute approximate surface area is 109 Å². The molecule has 0 bridgehead atoms. The molecule has 0 N–H and O–H groups in total. The van der Waals surface area contributed by atoms with Gasteiger partial charge in [0, 0.05) is 17.7 Å². The van der Waals surface area contributed by atoms with Crippen molar-refractivity contribution in [3.63, 3.8) is 0 Å². The molecule has 6 heteroatoms. The molecule has 0 saturated carbocycles. The Morgan fingerprint density at radius 3 is 2.37 bits per heavy atom. The normalized spacial score (nSPS) is 10.9. The van der Waals surface area contributed by atoms with Gasteiger partial charge in [0.25, 0.3) is 5.69 Å². The van der Waals surface area contributed by atoms with E-state index in [1.165, 1.54) is 24.3 Å². The topological polar surface area (TPSA) is 86.5 Å². The van der Waals surface area contributed by atoms with Crippen LogP contribution in [0.1, 0.15) is 30.6 Å². The van der Waals surface area contributed by atoms with E-state index < -0.39 is 16.9 Å². The van der Waals surface area contributed by atoms with E-state index in [2.05, 4.69) is 4.74 Å². The van der Waals surface area contributed by atoms with Crippen LogP contribution in [0.4, 0.5) is 5.69 Å². The maximum atomic E-state index is 11.6. The number of esters is 2. The molecule has 0 fully saturated rings. The molecule has 0 spiro atoms. The van der Waals surface area contributed by atoms with Crippen molar-refractivity contribution < 1.29 is 19.2 Å². The summed E-state index contributed by atoms with van der Waals surface area (Å²) in [6, 6.07) is 4.84. The van der Waals surface area contributed by atoms with E-state index in [0.29, 0.717) is 12.0 Å². The van der Waals surface area contributed by atoms with E-state index in [9.17, 15) is 19.7 Å². The van der Waals surface area contributed by atoms with E-state index in [1.807, 2.05) is 6.92 Å². The fourth-order valence-corrected chi connectivity index (χ4v) is 1.33. The van der Waals surface area contributed by atoms with Crippen molar-refractivity contribution in [3.05, 3.63) is 51.6 Å². The first-order chi connectivity index (χ1) is 8.95. The highest BCUT2D eigenvalue weighted by Crippen LogP contribution is 2.13. The number of rotatable bonds is 4. The van der Waals surface area contributed by atoms with Crippen LogP contribution in [0.25, 0.3) is 0 Å². The van der Waals surface area contributed by atoms with Crippen LogP contribution in [-0.2, 0) is 9.53 Å². The van der Waals surface area contributed by atoms with Gasteiger partial charge in [-0.25, -0.2) is 9.59 Å². The molecule has 6 nitrogen and oxygen atoms in total. The van der Waals surface area contributed by atoms with Gasteiger partial charge in [0.15, 0.2) is 0 Å². The number of hydrogen-bond donors (Lipinski definition) is 0. The monoisotopic (exact) mass is 263 g/mol. The first-order valence-electron chi connectivity index (χ1n) is 5.63. The van der Waals surface area contributed by atoms with Crippen LogP contribution in [-0.4, -0.2) is 16.9 Å². The molecule has 1 aromatic carbocycles. The van der Waals surface area contributed by atoms with Crippen LogP contribution in [0.15, 0.2) is 35.9 Å². The fourth-order valence-electron chi connectivity index (χ4n) is 1.33. The maximum absolute atomic E-state index is 11.6. The van der Waals surface area contributed by atoms with Crippen molar-refractivity contribution in [2.75, 3.05) is 0 Å². The average Bonchev–Trinajstić information content (AvgIpc) is 2.38. The summed E-state index contributed by atoms with van der Waals surface area (Å²) >= 11 is 0. The summed E-state index contributed by atoms with van der Waals surface area (Å²) in [5, 5.41) is 10.4. The van der Waals surface area contributed by atoms with E-state index in [4.69, 9.17) is 0 Å². The number of carbonyl (C=O) groups excluding carboxylic acids is 2. The number of hydrogen-bond acceptors (Lipinski definition) is 5. The molecule has 0 radical (unpaired) electrons. The highest BCUT2D eigenvalue weighted by molar-refractivity contribution is 6.02. The lowest BCUT2D eigenvalue weighted by Crippen LogP contribution is -2.13. The lowest BCUT2D eigenvalue weighted by molar-refractivity contribution is -0.384. The van der Waals surface area contributed by atoms with Gasteiger partial charge in [-0.05, 0) is 25.5 Å². The maximum Gasteiger partial charge on any atom is 0.346 e. The minimum Gasteiger partial charge on any atom is -0.386 e. The van der Waals surface area contributed by atoms with Crippen LogP contribution >= 0.6 is 0 Å². The second-order valence-electron chi connectivity index (χ2n) is 3.78. The first kappa shape index (κ1) is 14.6. The molecule has 0 unspecified atom stereocenters. The number of carbonyl (C=O) groups is 2. The van der Waals surface area contributed by atoms with Gasteiger partial charge in [-0.15, -0.1) is 0 Å². The molecule has 0 saturated heterocycles. The standard InChI is InChI=1S/C13H13NO5/c1-3-4-9(2)12(15)19-13(16)10-5-7-11(8-6-10)14(17)18/h4-8H,3H2,1-2H3. The van der Waals surface area contributed by atoms with Crippen molar-refractivity contribution in [2.45, 2.75) is 20.3 Å². The zero-order valence-corrected chi connectivity index (χ0v) is 10.6. The Balaban J connectivity index is 2.76. The third kappa shape index (κ3) is 4.02. The number of nitrogens with zero attached hydrogens (tertiary/aromatic N) is 1. The lowest BCUT2D eigenvalue weighted by atomic mass is 10.2. The Kier molecular flexibility index (Phi) is 4.93. The predicted octanol–water partition coefficient (Wildman–Crippen LogP) is 2.63. The summed E-state index contributed by atoms with van der Waals surface area (Å²) in [6.45, 7) is 3.41. The number of nitro groups is 1. The van der Waals surface area contributed by atoms with Crippen LogP contribution in [0, 0.1) is 10.1 Å². The zero-order chi connectivity index (χ0) is 14.4. The molecule has 0 aromatic heterocycles. The van der Waals surface area contributed by atoms with Gasteiger partial charge in [0.2, 0.25) is 0 Å². The summed E-state index contributed by atoms with van der Waals surface area (Å²) in [4.78, 5) is 33.0. The molecule has 1 aromatic rings. The van der Waals surface area contributed by atoms with E-state index in [1.54, 1.807) is 13.0 Å². The lowest BCUT2D eigenvalue weighted by Gasteiger charge is -2.03. The summed E-state index contributed by atoms with van der Waals surface area (Å²) in [6.07, 6.45) is 2.30. The molecule has 0 aliphatic rings. The fraction of sp³-hybridized carbons (Fsp3) is 0.231. The molecule has 0 heterocycles. The molecule has 0 aliphatic heterocycles. The SMILES string of the molecule is CCC=C(C)C(=O)OC(=O)c1ccc([N+](=O)[O-])cc1. The second kappa shape index (κ2) is 6.44. The van der Waals surface area contributed by atoms with Gasteiger partial charge in [-0.2, -0.15) is 0 Å². The van der Waals surface area contributed by atoms with Gasteiger partial charge in [-0.1, -0.05) is 13.0 Å². The Morgan fingerprint density at radius 1 is 1.32 bits per heavy atom. The van der Waals surface area contributed by atoms with Crippen LogP contribution in [0.3, 0.4) is 0 Å². The third-order valence-corrected chi connectivity index (χ3v) is 2.33. The second-order valence-corrected chi connectivity index (χ2v) is 3.78. The summed E-state index contributed by atoms with van der Waals surface area (Å²) in [5.74, 6) is -1.55. The highest BCUT2D eigenvalue weighted by atomic mass is 16.6. The van der Waals surface area contributed by atoms with E-state index in [-0.39, 0.29) is 11.3 Å².